The highest BCUT2D eigenvalue weighted by atomic mass is 16.1. The highest BCUT2D eigenvalue weighted by Crippen LogP contribution is 2.05. The second-order valence-corrected chi connectivity index (χ2v) is 4.06. The van der Waals surface area contributed by atoms with Crippen molar-refractivity contribution in [3.8, 4) is 0 Å². The number of aromatic amines is 1. The second kappa shape index (κ2) is 10.5. The number of carbonyl (C=O) groups excluding carboxylic acids is 1. The Labute approximate surface area is 129 Å². The molecule has 2 aromatic carbocycles. The molecule has 1 heterocycles. The van der Waals surface area contributed by atoms with Crippen molar-refractivity contribution in [3.63, 3.8) is 0 Å². The molecule has 0 bridgehead atoms. The van der Waals surface area contributed by atoms with E-state index >= 15 is 0 Å². The highest BCUT2D eigenvalue weighted by Gasteiger charge is 1.82. The van der Waals surface area contributed by atoms with Crippen LogP contribution < -0.4 is 16.8 Å². The third kappa shape index (κ3) is 8.00. The van der Waals surface area contributed by atoms with Gasteiger partial charge in [-0.15, -0.1) is 0 Å². The number of benzene rings is 2. The van der Waals surface area contributed by atoms with Crippen LogP contribution in [0.2, 0.25) is 0 Å². The number of imidazole rings is 1. The number of nitrogens with two attached hydrogens (primary N) is 2. The fourth-order valence-electron chi connectivity index (χ4n) is 1.31. The number of rotatable bonds is 2. The number of hydrogen-bond donors (Lipinski definition) is 4. The van der Waals surface area contributed by atoms with Gasteiger partial charge in [-0.05, 0) is 36.4 Å². The van der Waals surface area contributed by atoms with Crippen molar-refractivity contribution in [1.29, 1.82) is 0 Å². The van der Waals surface area contributed by atoms with Crippen LogP contribution in [0.15, 0.2) is 73.3 Å². The van der Waals surface area contributed by atoms with Crippen LogP contribution in [-0.4, -0.2) is 16.4 Å². The maximum absolute atomic E-state index is 9.86. The molecule has 0 aliphatic carbocycles. The van der Waals surface area contributed by atoms with Gasteiger partial charge in [0.05, 0.1) is 6.33 Å². The smallest absolute Gasteiger partial charge is 0.211 e. The molecule has 0 spiro atoms. The zero-order valence-electron chi connectivity index (χ0n) is 12.0. The van der Waals surface area contributed by atoms with Crippen molar-refractivity contribution in [2.75, 3.05) is 16.8 Å². The molecular weight excluding hydrogens is 278 g/mol. The number of nitrogens with one attached hydrogen (secondary N) is 2. The predicted octanol–water partition coefficient (Wildman–Crippen LogP) is 2.52. The minimum absolute atomic E-state index is 0.662. The fourth-order valence-corrected chi connectivity index (χ4v) is 1.31. The van der Waals surface area contributed by atoms with Gasteiger partial charge in [0, 0.05) is 29.5 Å². The van der Waals surface area contributed by atoms with Crippen molar-refractivity contribution in [1.82, 2.24) is 9.97 Å². The Balaban J connectivity index is 0.000000171. The Bertz CT molecular complexity index is 571. The summed E-state index contributed by atoms with van der Waals surface area (Å²) in [6.45, 7) is 0. The molecular formula is C16H19N5O. The Morgan fingerprint density at radius 3 is 1.91 bits per heavy atom. The first-order valence-corrected chi connectivity index (χ1v) is 6.51. The minimum atomic E-state index is 0.662. The van der Waals surface area contributed by atoms with Crippen LogP contribution in [0.25, 0.3) is 0 Å². The monoisotopic (exact) mass is 297 g/mol. The molecule has 1 aromatic heterocycles. The molecule has 0 aliphatic rings. The number of hydrogen-bond acceptors (Lipinski definition) is 4. The lowest BCUT2D eigenvalue weighted by molar-refractivity contribution is -0.105. The average molecular weight is 297 g/mol. The number of carbonyl (C=O) groups is 1. The van der Waals surface area contributed by atoms with Crippen molar-refractivity contribution in [2.45, 2.75) is 0 Å². The third-order valence-electron chi connectivity index (χ3n) is 2.34. The molecule has 6 heteroatoms. The SMILES string of the molecule is Nc1ccc(N)cc1.O=CNc1ccccc1.c1c[nH]cn1. The molecule has 0 unspecified atom stereocenters. The lowest BCUT2D eigenvalue weighted by atomic mass is 10.3. The molecule has 0 fully saturated rings. The van der Waals surface area contributed by atoms with E-state index in [0.29, 0.717) is 6.41 Å². The Morgan fingerprint density at radius 1 is 0.955 bits per heavy atom. The van der Waals surface area contributed by atoms with Gasteiger partial charge < -0.3 is 21.8 Å². The van der Waals surface area contributed by atoms with Crippen molar-refractivity contribution in [2.24, 2.45) is 0 Å². The molecule has 114 valence electrons. The zero-order chi connectivity index (χ0) is 16.0. The van der Waals surface area contributed by atoms with Crippen LogP contribution in [0.5, 0.6) is 0 Å². The van der Waals surface area contributed by atoms with Gasteiger partial charge in [0.2, 0.25) is 6.41 Å². The predicted molar refractivity (Wildman–Crippen MR) is 90.0 cm³/mol. The first-order chi connectivity index (χ1) is 10.7. The summed E-state index contributed by atoms with van der Waals surface area (Å²) < 4.78 is 0. The highest BCUT2D eigenvalue weighted by molar-refractivity contribution is 5.70. The molecule has 6 nitrogen and oxygen atoms in total. The lowest BCUT2D eigenvalue weighted by Crippen LogP contribution is -1.91. The molecule has 0 radical (unpaired) electrons. The summed E-state index contributed by atoms with van der Waals surface area (Å²) in [7, 11) is 0. The Morgan fingerprint density at radius 2 is 1.55 bits per heavy atom. The van der Waals surface area contributed by atoms with E-state index in [1.807, 2.05) is 30.3 Å². The van der Waals surface area contributed by atoms with Crippen LogP contribution in [-0.2, 0) is 4.79 Å². The van der Waals surface area contributed by atoms with E-state index in [2.05, 4.69) is 15.3 Å². The van der Waals surface area contributed by atoms with E-state index in [9.17, 15) is 4.79 Å². The number of para-hydroxylation sites is 1. The number of H-pyrrole nitrogens is 1. The van der Waals surface area contributed by atoms with E-state index in [-0.39, 0.29) is 0 Å². The molecule has 0 atom stereocenters. The molecule has 22 heavy (non-hydrogen) atoms. The van der Waals surface area contributed by atoms with E-state index in [4.69, 9.17) is 11.5 Å². The van der Waals surface area contributed by atoms with Crippen LogP contribution in [0.1, 0.15) is 0 Å². The molecule has 1 amide bonds. The van der Waals surface area contributed by atoms with E-state index in [0.717, 1.165) is 17.1 Å². The zero-order valence-corrected chi connectivity index (χ0v) is 12.0. The van der Waals surface area contributed by atoms with Crippen LogP contribution in [0.4, 0.5) is 17.1 Å². The van der Waals surface area contributed by atoms with Crippen molar-refractivity contribution < 1.29 is 4.79 Å². The molecule has 0 saturated carbocycles. The summed E-state index contributed by atoms with van der Waals surface area (Å²) in [6, 6.07) is 16.4. The molecule has 0 aliphatic heterocycles. The van der Waals surface area contributed by atoms with Crippen LogP contribution >= 0.6 is 0 Å². The van der Waals surface area contributed by atoms with Crippen molar-refractivity contribution in [3.05, 3.63) is 73.3 Å². The molecule has 3 aromatic rings. The lowest BCUT2D eigenvalue weighted by Gasteiger charge is -1.93. The second-order valence-electron chi connectivity index (χ2n) is 4.06. The van der Waals surface area contributed by atoms with Gasteiger partial charge in [0.25, 0.3) is 0 Å². The maximum Gasteiger partial charge on any atom is 0.211 e. The summed E-state index contributed by atoms with van der Waals surface area (Å²) in [6.07, 6.45) is 5.75. The van der Waals surface area contributed by atoms with E-state index in [1.165, 1.54) is 0 Å². The maximum atomic E-state index is 9.86. The first-order valence-electron chi connectivity index (χ1n) is 6.51. The minimum Gasteiger partial charge on any atom is -0.399 e. The first kappa shape index (κ1) is 16.8. The van der Waals surface area contributed by atoms with E-state index < -0.39 is 0 Å². The van der Waals surface area contributed by atoms with Gasteiger partial charge in [0.1, 0.15) is 0 Å². The van der Waals surface area contributed by atoms with Crippen LogP contribution in [0, 0.1) is 0 Å². The number of nitrogen functional groups attached to an aromatic ring is 2. The Hall–Kier alpha value is -3.28. The van der Waals surface area contributed by atoms with Gasteiger partial charge in [-0.1, -0.05) is 18.2 Å². The molecule has 3 rings (SSSR count). The normalized spacial score (nSPS) is 8.55. The average Bonchev–Trinajstić information content (AvgIpc) is 3.12. The van der Waals surface area contributed by atoms with Gasteiger partial charge in [-0.2, -0.15) is 0 Å². The quantitative estimate of drug-likeness (QED) is 0.430. The van der Waals surface area contributed by atoms with Crippen molar-refractivity contribution >= 4 is 23.5 Å². The van der Waals surface area contributed by atoms with Gasteiger partial charge >= 0.3 is 0 Å². The third-order valence-corrected chi connectivity index (χ3v) is 2.34. The fraction of sp³-hybridized carbons (Fsp3) is 0. The number of aromatic nitrogens is 2. The summed E-state index contributed by atoms with van der Waals surface area (Å²) in [5.41, 5.74) is 13.1. The van der Waals surface area contributed by atoms with Gasteiger partial charge in [0.15, 0.2) is 0 Å². The standard InChI is InChI=1S/C7H7NO.C6H8N2.C3H4N2/c9-6-8-7-4-2-1-3-5-7;7-5-1-2-6(8)4-3-5;1-2-5-3-4-1/h1-6H,(H,8,9);1-4H,7-8H2;1-3H,(H,4,5). The molecule has 0 saturated heterocycles. The van der Waals surface area contributed by atoms with E-state index in [1.54, 1.807) is 43.0 Å². The summed E-state index contributed by atoms with van der Waals surface area (Å²) in [5, 5.41) is 2.53. The van der Waals surface area contributed by atoms with Crippen LogP contribution in [0.3, 0.4) is 0 Å². The number of anilines is 3. The van der Waals surface area contributed by atoms with Gasteiger partial charge in [-0.25, -0.2) is 4.98 Å². The topological polar surface area (TPSA) is 110 Å². The summed E-state index contributed by atoms with van der Waals surface area (Å²) in [4.78, 5) is 16.3. The molecule has 6 N–H and O–H groups in total. The largest absolute Gasteiger partial charge is 0.399 e. The number of nitrogens with zero attached hydrogens (tertiary/aromatic N) is 1. The Kier molecular flexibility index (Phi) is 8.01. The summed E-state index contributed by atoms with van der Waals surface area (Å²) in [5.74, 6) is 0. The number of amides is 1. The van der Waals surface area contributed by atoms with Gasteiger partial charge in [-0.3, -0.25) is 4.79 Å². The summed E-state index contributed by atoms with van der Waals surface area (Å²) >= 11 is 0.